The zero-order valence-electron chi connectivity index (χ0n) is 19.0. The SMILES string of the molecule is C[C@@H](NC(=O)c1ccc(/C=C/C(c2cc(F)cc(Br)c2)C(F)(F)F)cc1C(F)(F)F)C(=O)NCC(F)(F)F. The van der Waals surface area contributed by atoms with E-state index in [1.807, 2.05) is 5.32 Å². The summed E-state index contributed by atoms with van der Waals surface area (Å²) in [4.78, 5) is 24.1. The van der Waals surface area contributed by atoms with E-state index in [2.05, 4.69) is 15.9 Å². The summed E-state index contributed by atoms with van der Waals surface area (Å²) >= 11 is 2.87. The van der Waals surface area contributed by atoms with Gasteiger partial charge < -0.3 is 10.6 Å². The molecule has 0 saturated carbocycles. The van der Waals surface area contributed by atoms with E-state index in [0.29, 0.717) is 30.4 Å². The Kier molecular flexibility index (Phi) is 9.62. The van der Waals surface area contributed by atoms with Crippen molar-refractivity contribution in [1.82, 2.24) is 10.6 Å². The summed E-state index contributed by atoms with van der Waals surface area (Å²) in [5.41, 5.74) is -3.51. The third-order valence-electron chi connectivity index (χ3n) is 4.88. The van der Waals surface area contributed by atoms with Gasteiger partial charge >= 0.3 is 18.5 Å². The number of nitrogens with one attached hydrogen (secondary N) is 2. The van der Waals surface area contributed by atoms with Gasteiger partial charge in [-0.2, -0.15) is 39.5 Å². The van der Waals surface area contributed by atoms with Crippen LogP contribution < -0.4 is 10.6 Å². The Balaban J connectivity index is 2.35. The molecule has 0 aromatic heterocycles. The fraction of sp³-hybridized carbons (Fsp3) is 0.304. The van der Waals surface area contributed by atoms with E-state index in [9.17, 15) is 53.5 Å². The lowest BCUT2D eigenvalue weighted by molar-refractivity contribution is -0.140. The number of amides is 2. The maximum absolute atomic E-state index is 13.6. The standard InChI is InChI=1S/C23H17BrF10N2O2/c1-11(19(37)35-10-21(26,27)28)36-20(38)16-4-2-12(6-18(16)23(32,33)34)3-5-17(22(29,30)31)13-7-14(24)9-15(25)8-13/h2-9,11,17H,10H2,1H3,(H,35,37)(H,36,38)/b5-3+/t11-,17?/m1/s1. The topological polar surface area (TPSA) is 58.2 Å². The Morgan fingerprint density at radius 3 is 2.13 bits per heavy atom. The van der Waals surface area contributed by atoms with Crippen molar-refractivity contribution >= 4 is 33.8 Å². The quantitative estimate of drug-likeness (QED) is 0.335. The van der Waals surface area contributed by atoms with Crippen LogP contribution in [0.4, 0.5) is 43.9 Å². The molecule has 2 rings (SSSR count). The minimum Gasteiger partial charge on any atom is -0.345 e. The highest BCUT2D eigenvalue weighted by Crippen LogP contribution is 2.38. The molecule has 2 N–H and O–H groups in total. The van der Waals surface area contributed by atoms with Crippen LogP contribution in [0.25, 0.3) is 6.08 Å². The lowest BCUT2D eigenvalue weighted by Gasteiger charge is -2.19. The second kappa shape index (κ2) is 11.7. The van der Waals surface area contributed by atoms with Crippen LogP contribution in [0.5, 0.6) is 0 Å². The summed E-state index contributed by atoms with van der Waals surface area (Å²) in [7, 11) is 0. The van der Waals surface area contributed by atoms with Crippen molar-refractivity contribution < 1.29 is 53.5 Å². The number of alkyl halides is 9. The molecule has 1 unspecified atom stereocenters. The molecule has 2 amide bonds. The highest BCUT2D eigenvalue weighted by Gasteiger charge is 2.40. The first kappa shape index (κ1) is 31.1. The number of benzene rings is 2. The molecule has 0 bridgehead atoms. The van der Waals surface area contributed by atoms with Gasteiger partial charge in [-0.25, -0.2) is 4.39 Å². The van der Waals surface area contributed by atoms with Gasteiger partial charge in [0.05, 0.1) is 17.0 Å². The van der Waals surface area contributed by atoms with E-state index >= 15 is 0 Å². The molecular weight excluding hydrogens is 606 g/mol. The molecule has 2 aromatic rings. The molecule has 2 aromatic carbocycles. The highest BCUT2D eigenvalue weighted by molar-refractivity contribution is 9.10. The lowest BCUT2D eigenvalue weighted by Crippen LogP contribution is -2.47. The first-order valence-corrected chi connectivity index (χ1v) is 11.1. The van der Waals surface area contributed by atoms with Gasteiger partial charge in [0.2, 0.25) is 5.91 Å². The summed E-state index contributed by atoms with van der Waals surface area (Å²) in [6, 6.07) is 2.79. The molecular formula is C23H17BrF10N2O2. The molecule has 0 radical (unpaired) electrons. The summed E-state index contributed by atoms with van der Waals surface area (Å²) in [6.45, 7) is -0.789. The van der Waals surface area contributed by atoms with E-state index < -0.39 is 76.9 Å². The first-order chi connectivity index (χ1) is 17.3. The van der Waals surface area contributed by atoms with Crippen LogP contribution in [-0.2, 0) is 11.0 Å². The molecule has 2 atom stereocenters. The average Bonchev–Trinajstić information content (AvgIpc) is 2.74. The Morgan fingerprint density at radius 2 is 1.61 bits per heavy atom. The molecule has 0 saturated heterocycles. The van der Waals surface area contributed by atoms with Crippen LogP contribution in [0, 0.1) is 5.82 Å². The second-order valence-electron chi connectivity index (χ2n) is 7.91. The summed E-state index contributed by atoms with van der Waals surface area (Å²) in [5.74, 6) is -6.14. The average molecular weight is 623 g/mol. The molecule has 0 heterocycles. The van der Waals surface area contributed by atoms with E-state index in [-0.39, 0.29) is 4.47 Å². The molecule has 0 fully saturated rings. The molecule has 4 nitrogen and oxygen atoms in total. The van der Waals surface area contributed by atoms with Gasteiger partial charge in [-0.15, -0.1) is 0 Å². The first-order valence-electron chi connectivity index (χ1n) is 10.4. The van der Waals surface area contributed by atoms with Crippen molar-refractivity contribution in [3.8, 4) is 0 Å². The van der Waals surface area contributed by atoms with Gasteiger partial charge in [-0.05, 0) is 48.4 Å². The minimum atomic E-state index is -5.17. The Labute approximate surface area is 217 Å². The van der Waals surface area contributed by atoms with Gasteiger partial charge in [-0.3, -0.25) is 9.59 Å². The largest absolute Gasteiger partial charge is 0.417 e. The second-order valence-corrected chi connectivity index (χ2v) is 8.83. The molecule has 0 spiro atoms. The van der Waals surface area contributed by atoms with E-state index in [0.717, 1.165) is 25.1 Å². The van der Waals surface area contributed by atoms with Crippen molar-refractivity contribution in [3.63, 3.8) is 0 Å². The number of rotatable bonds is 7. The van der Waals surface area contributed by atoms with Crippen LogP contribution in [0.15, 0.2) is 46.9 Å². The molecule has 15 heteroatoms. The van der Waals surface area contributed by atoms with E-state index in [1.54, 1.807) is 0 Å². The number of halogens is 11. The van der Waals surface area contributed by atoms with Gasteiger partial charge in [0, 0.05) is 4.47 Å². The highest BCUT2D eigenvalue weighted by atomic mass is 79.9. The zero-order chi connectivity index (χ0) is 29.1. The maximum Gasteiger partial charge on any atom is 0.417 e. The van der Waals surface area contributed by atoms with Crippen LogP contribution in [0.3, 0.4) is 0 Å². The number of allylic oxidation sites excluding steroid dienone is 1. The third kappa shape index (κ3) is 9.03. The van der Waals surface area contributed by atoms with Gasteiger partial charge in [0.15, 0.2) is 0 Å². The number of carbonyl (C=O) groups excluding carboxylic acids is 2. The minimum absolute atomic E-state index is 0.00573. The zero-order valence-corrected chi connectivity index (χ0v) is 20.5. The van der Waals surface area contributed by atoms with Crippen LogP contribution in [-0.4, -0.2) is 36.8 Å². The lowest BCUT2D eigenvalue weighted by atomic mass is 9.96. The summed E-state index contributed by atoms with van der Waals surface area (Å²) < 4.78 is 132. The summed E-state index contributed by atoms with van der Waals surface area (Å²) in [5, 5.41) is 3.31. The monoisotopic (exact) mass is 622 g/mol. The fourth-order valence-electron chi connectivity index (χ4n) is 3.15. The van der Waals surface area contributed by atoms with Crippen LogP contribution in [0.2, 0.25) is 0 Å². The Bertz CT molecular complexity index is 1190. The number of hydrogen-bond donors (Lipinski definition) is 2. The van der Waals surface area contributed by atoms with Crippen molar-refractivity contribution in [2.24, 2.45) is 0 Å². The number of hydrogen-bond acceptors (Lipinski definition) is 2. The molecule has 0 aliphatic carbocycles. The maximum atomic E-state index is 13.6. The molecule has 38 heavy (non-hydrogen) atoms. The van der Waals surface area contributed by atoms with E-state index in [4.69, 9.17) is 0 Å². The van der Waals surface area contributed by atoms with E-state index in [1.165, 1.54) is 5.32 Å². The number of carbonyl (C=O) groups is 2. The fourth-order valence-corrected chi connectivity index (χ4v) is 3.63. The predicted octanol–water partition coefficient (Wildman–Crippen LogP) is 6.76. The predicted molar refractivity (Wildman–Crippen MR) is 119 cm³/mol. The van der Waals surface area contributed by atoms with Crippen molar-refractivity contribution in [2.45, 2.75) is 37.4 Å². The Hall–Kier alpha value is -3.10. The summed E-state index contributed by atoms with van der Waals surface area (Å²) in [6.07, 6.45) is -13.6. The smallest absolute Gasteiger partial charge is 0.345 e. The molecule has 0 aliphatic rings. The molecule has 208 valence electrons. The van der Waals surface area contributed by atoms with Gasteiger partial charge in [-0.1, -0.05) is 34.1 Å². The van der Waals surface area contributed by atoms with Gasteiger partial charge in [0.25, 0.3) is 5.91 Å². The third-order valence-corrected chi connectivity index (χ3v) is 5.33. The normalized spacial score (nSPS) is 14.3. The van der Waals surface area contributed by atoms with Gasteiger partial charge in [0.1, 0.15) is 18.4 Å². The van der Waals surface area contributed by atoms with Crippen LogP contribution >= 0.6 is 15.9 Å². The van der Waals surface area contributed by atoms with Crippen LogP contribution in [0.1, 0.15) is 39.9 Å². The van der Waals surface area contributed by atoms with Crippen molar-refractivity contribution in [3.05, 3.63) is 75.0 Å². The van der Waals surface area contributed by atoms with Crippen molar-refractivity contribution in [2.75, 3.05) is 6.54 Å². The molecule has 0 aliphatic heterocycles. The Morgan fingerprint density at radius 1 is 0.974 bits per heavy atom. The van der Waals surface area contributed by atoms with Crippen molar-refractivity contribution in [1.29, 1.82) is 0 Å².